The molecule has 0 aliphatic carbocycles. The smallest absolute Gasteiger partial charge is 0.347 e. The minimum Gasteiger partial charge on any atom is -0.347 e. The van der Waals surface area contributed by atoms with Crippen LogP contribution in [0.25, 0.3) is 0 Å². The molecule has 29 heavy (non-hydrogen) atoms. The van der Waals surface area contributed by atoms with E-state index in [1.165, 1.54) is 17.4 Å². The van der Waals surface area contributed by atoms with Crippen molar-refractivity contribution in [2.75, 3.05) is 5.32 Å². The molecule has 3 rings (SSSR count). The van der Waals surface area contributed by atoms with E-state index in [-0.39, 0.29) is 12.5 Å². The van der Waals surface area contributed by atoms with Crippen LogP contribution in [0.15, 0.2) is 42.5 Å². The lowest BCUT2D eigenvalue weighted by Crippen LogP contribution is -2.22. The Morgan fingerprint density at radius 2 is 1.86 bits per heavy atom. The highest BCUT2D eigenvalue weighted by Crippen LogP contribution is 2.30. The number of nitrogens with zero attached hydrogens (tertiary/aromatic N) is 1. The fourth-order valence-corrected chi connectivity index (χ4v) is 3.74. The van der Waals surface area contributed by atoms with Crippen LogP contribution in [-0.2, 0) is 12.7 Å². The normalized spacial score (nSPS) is 11.4. The molecule has 8 heteroatoms. The van der Waals surface area contributed by atoms with E-state index in [2.05, 4.69) is 15.6 Å². The fourth-order valence-electron chi connectivity index (χ4n) is 2.85. The Balaban J connectivity index is 1.69. The van der Waals surface area contributed by atoms with Crippen molar-refractivity contribution >= 4 is 28.1 Å². The van der Waals surface area contributed by atoms with Gasteiger partial charge in [-0.3, -0.25) is 4.79 Å². The van der Waals surface area contributed by atoms with Gasteiger partial charge in [0.2, 0.25) is 0 Å². The van der Waals surface area contributed by atoms with Gasteiger partial charge in [-0.2, -0.15) is 13.2 Å². The molecule has 0 unspecified atom stereocenters. The molecule has 0 aliphatic heterocycles. The second-order valence-corrected chi connectivity index (χ2v) is 7.76. The van der Waals surface area contributed by atoms with Crippen LogP contribution in [0.4, 0.5) is 24.0 Å². The number of hydrogen-bond donors (Lipinski definition) is 2. The Morgan fingerprint density at radius 3 is 2.55 bits per heavy atom. The van der Waals surface area contributed by atoms with Gasteiger partial charge in [-0.15, -0.1) is 0 Å². The van der Waals surface area contributed by atoms with Crippen molar-refractivity contribution in [2.45, 2.75) is 33.5 Å². The number of thiazole rings is 1. The number of halogens is 3. The third-order valence-corrected chi connectivity index (χ3v) is 5.41. The maximum absolute atomic E-state index is 12.8. The van der Waals surface area contributed by atoms with Gasteiger partial charge >= 0.3 is 6.18 Å². The van der Waals surface area contributed by atoms with Crippen LogP contribution in [0.5, 0.6) is 0 Å². The largest absolute Gasteiger partial charge is 0.416 e. The van der Waals surface area contributed by atoms with E-state index < -0.39 is 11.7 Å². The Hall–Kier alpha value is -2.87. The van der Waals surface area contributed by atoms with Gasteiger partial charge in [-0.05, 0) is 50.1 Å². The molecule has 1 aromatic heterocycles. The van der Waals surface area contributed by atoms with Gasteiger partial charge in [0.15, 0.2) is 5.13 Å². The molecule has 2 N–H and O–H groups in total. The first kappa shape index (κ1) is 20.9. The summed E-state index contributed by atoms with van der Waals surface area (Å²) in [5, 5.41) is 6.47. The van der Waals surface area contributed by atoms with Gasteiger partial charge in [0.05, 0.1) is 11.3 Å². The monoisotopic (exact) mass is 419 g/mol. The first-order valence-electron chi connectivity index (χ1n) is 8.89. The molecule has 0 atom stereocenters. The summed E-state index contributed by atoms with van der Waals surface area (Å²) in [6.45, 7) is 5.72. The van der Waals surface area contributed by atoms with E-state index in [4.69, 9.17) is 0 Å². The minimum absolute atomic E-state index is 0.0000739. The lowest BCUT2D eigenvalue weighted by molar-refractivity contribution is -0.137. The predicted molar refractivity (Wildman–Crippen MR) is 109 cm³/mol. The number of amides is 1. The van der Waals surface area contributed by atoms with Crippen molar-refractivity contribution in [1.29, 1.82) is 0 Å². The molecule has 152 valence electrons. The molecule has 0 spiro atoms. The summed E-state index contributed by atoms with van der Waals surface area (Å²) in [6.07, 6.45) is -4.41. The Labute approximate surface area is 170 Å². The van der Waals surface area contributed by atoms with E-state index in [1.807, 2.05) is 32.0 Å². The summed E-state index contributed by atoms with van der Waals surface area (Å²) >= 11 is 1.20. The molecule has 1 amide bonds. The number of nitrogens with one attached hydrogen (secondary N) is 2. The van der Waals surface area contributed by atoms with Crippen LogP contribution in [-0.4, -0.2) is 10.9 Å². The van der Waals surface area contributed by atoms with Gasteiger partial charge in [0.25, 0.3) is 5.91 Å². The molecule has 0 saturated carbocycles. The maximum atomic E-state index is 12.8. The Kier molecular flexibility index (Phi) is 5.93. The van der Waals surface area contributed by atoms with E-state index in [9.17, 15) is 18.0 Å². The van der Waals surface area contributed by atoms with Crippen LogP contribution in [0.2, 0.25) is 0 Å². The highest BCUT2D eigenvalue weighted by atomic mass is 32.1. The average molecular weight is 419 g/mol. The molecule has 0 bridgehead atoms. The Bertz CT molecular complexity index is 1040. The second kappa shape index (κ2) is 8.24. The molecule has 1 heterocycles. The maximum Gasteiger partial charge on any atom is 0.416 e. The van der Waals surface area contributed by atoms with Crippen LogP contribution in [0, 0.1) is 20.8 Å². The van der Waals surface area contributed by atoms with E-state index in [1.54, 1.807) is 13.0 Å². The topological polar surface area (TPSA) is 54.0 Å². The van der Waals surface area contributed by atoms with Crippen LogP contribution in [0.3, 0.4) is 0 Å². The summed E-state index contributed by atoms with van der Waals surface area (Å²) in [7, 11) is 0. The zero-order valence-electron chi connectivity index (χ0n) is 16.1. The third-order valence-electron chi connectivity index (χ3n) is 4.33. The average Bonchev–Trinajstić information content (AvgIpc) is 3.02. The van der Waals surface area contributed by atoms with Gasteiger partial charge in [0.1, 0.15) is 4.88 Å². The Morgan fingerprint density at radius 1 is 1.10 bits per heavy atom. The molecule has 0 saturated heterocycles. The molecule has 2 aromatic carbocycles. The first-order valence-corrected chi connectivity index (χ1v) is 9.71. The van der Waals surface area contributed by atoms with Crippen molar-refractivity contribution in [3.05, 3.63) is 75.3 Å². The van der Waals surface area contributed by atoms with E-state index >= 15 is 0 Å². The summed E-state index contributed by atoms with van der Waals surface area (Å²) in [5.41, 5.74) is 3.32. The van der Waals surface area contributed by atoms with Crippen molar-refractivity contribution in [2.24, 2.45) is 0 Å². The van der Waals surface area contributed by atoms with Crippen LogP contribution >= 0.6 is 11.3 Å². The van der Waals surface area contributed by atoms with Gasteiger partial charge < -0.3 is 10.6 Å². The number of rotatable bonds is 5. The highest BCUT2D eigenvalue weighted by Gasteiger charge is 2.30. The van der Waals surface area contributed by atoms with Crippen molar-refractivity contribution in [3.63, 3.8) is 0 Å². The molecular weight excluding hydrogens is 399 g/mol. The fraction of sp³-hybridized carbons (Fsp3) is 0.238. The number of carbonyl (C=O) groups is 1. The summed E-state index contributed by atoms with van der Waals surface area (Å²) in [6, 6.07) is 10.9. The molecule has 4 nitrogen and oxygen atoms in total. The first-order chi connectivity index (χ1) is 13.6. The lowest BCUT2D eigenvalue weighted by atomic mass is 10.1. The number of carbonyl (C=O) groups excluding carboxylic acids is 1. The number of benzene rings is 2. The zero-order chi connectivity index (χ0) is 21.2. The SMILES string of the molecule is Cc1ccc(Nc2nc(C)c(C(=O)NCc3cccc(C(F)(F)F)c3)s2)c(C)c1. The van der Waals surface area contributed by atoms with Crippen LogP contribution in [0.1, 0.15) is 37.6 Å². The quantitative estimate of drug-likeness (QED) is 0.553. The molecular formula is C21H20F3N3OS. The molecule has 0 fully saturated rings. The number of aryl methyl sites for hydroxylation is 3. The summed E-state index contributed by atoms with van der Waals surface area (Å²) in [5.74, 6) is -0.369. The lowest BCUT2D eigenvalue weighted by Gasteiger charge is -2.09. The van der Waals surface area contributed by atoms with Gasteiger partial charge in [0, 0.05) is 12.2 Å². The number of hydrogen-bond acceptors (Lipinski definition) is 4. The van der Waals surface area contributed by atoms with Crippen LogP contribution < -0.4 is 10.6 Å². The summed E-state index contributed by atoms with van der Waals surface area (Å²) in [4.78, 5) is 17.3. The number of alkyl halides is 3. The van der Waals surface area contributed by atoms with Crippen molar-refractivity contribution in [1.82, 2.24) is 10.3 Å². The summed E-state index contributed by atoms with van der Waals surface area (Å²) < 4.78 is 38.4. The molecule has 0 aliphatic rings. The zero-order valence-corrected chi connectivity index (χ0v) is 17.0. The second-order valence-electron chi connectivity index (χ2n) is 6.76. The minimum atomic E-state index is -4.41. The van der Waals surface area contributed by atoms with Crippen molar-refractivity contribution < 1.29 is 18.0 Å². The highest BCUT2D eigenvalue weighted by molar-refractivity contribution is 7.17. The number of anilines is 2. The number of aromatic nitrogens is 1. The van der Waals surface area contributed by atoms with E-state index in [0.717, 1.165) is 28.9 Å². The molecule has 3 aromatic rings. The standard InChI is InChI=1S/C21H20F3N3OS/c1-12-7-8-17(13(2)9-12)27-20-26-14(3)18(29-20)19(28)25-11-15-5-4-6-16(10-15)21(22,23)24/h4-10H,11H2,1-3H3,(H,25,28)(H,26,27). The predicted octanol–water partition coefficient (Wildman–Crippen LogP) is 5.76. The molecule has 0 radical (unpaired) electrons. The van der Waals surface area contributed by atoms with Gasteiger partial charge in [-0.1, -0.05) is 41.2 Å². The van der Waals surface area contributed by atoms with Crippen molar-refractivity contribution in [3.8, 4) is 0 Å². The van der Waals surface area contributed by atoms with E-state index in [0.29, 0.717) is 21.3 Å². The van der Waals surface area contributed by atoms with Gasteiger partial charge in [-0.25, -0.2) is 4.98 Å². The third kappa shape index (κ3) is 5.14.